The first-order valence-corrected chi connectivity index (χ1v) is 11.3. The number of benzene rings is 2. The molecule has 1 heterocycles. The maximum absolute atomic E-state index is 12.5. The van der Waals surface area contributed by atoms with Crippen LogP contribution in [0, 0.1) is 6.92 Å². The normalized spacial score (nSPS) is 14.4. The van der Waals surface area contributed by atoms with Crippen molar-refractivity contribution in [3.63, 3.8) is 0 Å². The van der Waals surface area contributed by atoms with Crippen molar-refractivity contribution in [2.45, 2.75) is 44.9 Å². The Hall–Kier alpha value is -2.79. The summed E-state index contributed by atoms with van der Waals surface area (Å²) in [6.07, 6.45) is 6.34. The second-order valence-corrected chi connectivity index (χ2v) is 8.75. The fourth-order valence-electron chi connectivity index (χ4n) is 3.95. The van der Waals surface area contributed by atoms with Crippen LogP contribution in [0.15, 0.2) is 54.6 Å². The average molecular weight is 420 g/mol. The third-order valence-electron chi connectivity index (χ3n) is 5.65. The topological polar surface area (TPSA) is 56.3 Å². The summed E-state index contributed by atoms with van der Waals surface area (Å²) < 4.78 is 5.30. The Morgan fingerprint density at radius 2 is 1.70 bits per heavy atom. The zero-order chi connectivity index (χ0) is 20.9. The second-order valence-electron chi connectivity index (χ2n) is 7.76. The van der Waals surface area contributed by atoms with Gasteiger partial charge < -0.3 is 4.74 Å². The van der Waals surface area contributed by atoms with Crippen molar-refractivity contribution in [2.75, 3.05) is 6.61 Å². The van der Waals surface area contributed by atoms with Gasteiger partial charge in [-0.2, -0.15) is 0 Å². The third kappa shape index (κ3) is 4.68. The molecule has 0 spiro atoms. The zero-order valence-electron chi connectivity index (χ0n) is 17.1. The first-order valence-electron chi connectivity index (χ1n) is 10.4. The lowest BCUT2D eigenvalue weighted by Gasteiger charge is -2.22. The first-order chi connectivity index (χ1) is 14.6. The molecule has 0 unspecified atom stereocenters. The smallest absolute Gasteiger partial charge is 0.350 e. The Labute approximate surface area is 180 Å². The molecule has 5 heteroatoms. The van der Waals surface area contributed by atoms with Crippen molar-refractivity contribution in [1.82, 2.24) is 4.98 Å². The van der Waals surface area contributed by atoms with E-state index in [0.29, 0.717) is 22.1 Å². The number of carbonyl (C=O) groups excluding carboxylic acids is 2. The molecule has 1 aliphatic rings. The maximum atomic E-state index is 12.5. The molecule has 3 aromatic rings. The molecule has 1 aromatic heterocycles. The number of thiazole rings is 1. The molecule has 1 aliphatic carbocycles. The zero-order valence-corrected chi connectivity index (χ0v) is 17.9. The molecule has 0 bridgehead atoms. The van der Waals surface area contributed by atoms with Gasteiger partial charge in [0.2, 0.25) is 0 Å². The number of hydrogen-bond donors (Lipinski definition) is 0. The Morgan fingerprint density at radius 3 is 2.40 bits per heavy atom. The molecule has 4 nitrogen and oxygen atoms in total. The van der Waals surface area contributed by atoms with E-state index in [-0.39, 0.29) is 12.4 Å². The van der Waals surface area contributed by atoms with Gasteiger partial charge in [-0.05, 0) is 31.2 Å². The summed E-state index contributed by atoms with van der Waals surface area (Å²) in [6.45, 7) is 1.52. The number of hydrogen-bond acceptors (Lipinski definition) is 5. The van der Waals surface area contributed by atoms with Crippen LogP contribution in [-0.2, 0) is 4.74 Å². The van der Waals surface area contributed by atoms with E-state index in [2.05, 4.69) is 4.98 Å². The van der Waals surface area contributed by atoms with Gasteiger partial charge in [0.1, 0.15) is 9.88 Å². The Balaban J connectivity index is 1.37. The van der Waals surface area contributed by atoms with Crippen LogP contribution >= 0.6 is 11.3 Å². The fraction of sp³-hybridized carbons (Fsp3) is 0.320. The lowest BCUT2D eigenvalue weighted by Crippen LogP contribution is -2.14. The van der Waals surface area contributed by atoms with Gasteiger partial charge in [-0.15, -0.1) is 11.3 Å². The van der Waals surface area contributed by atoms with Crippen LogP contribution in [0.4, 0.5) is 0 Å². The van der Waals surface area contributed by atoms with Gasteiger partial charge in [0.15, 0.2) is 12.4 Å². The number of rotatable bonds is 6. The molecule has 30 heavy (non-hydrogen) atoms. The van der Waals surface area contributed by atoms with Crippen LogP contribution in [0.25, 0.3) is 10.6 Å². The SMILES string of the molecule is Cc1nc(-c2ccccc2)sc1C(=O)OCC(=O)c1ccc(C2CCCCC2)cc1. The quantitative estimate of drug-likeness (QED) is 0.352. The Morgan fingerprint density at radius 1 is 1.00 bits per heavy atom. The highest BCUT2D eigenvalue weighted by atomic mass is 32.1. The van der Waals surface area contributed by atoms with E-state index < -0.39 is 5.97 Å². The minimum Gasteiger partial charge on any atom is -0.453 e. The molecule has 0 saturated heterocycles. The summed E-state index contributed by atoms with van der Waals surface area (Å²) in [7, 11) is 0. The van der Waals surface area contributed by atoms with E-state index in [1.165, 1.54) is 49.0 Å². The van der Waals surface area contributed by atoms with Gasteiger partial charge in [0, 0.05) is 11.1 Å². The minimum absolute atomic E-state index is 0.191. The van der Waals surface area contributed by atoms with E-state index >= 15 is 0 Å². The summed E-state index contributed by atoms with van der Waals surface area (Å²) in [5.41, 5.74) is 3.46. The minimum atomic E-state index is -0.501. The standard InChI is InChI=1S/C25H25NO3S/c1-17-23(30-24(26-17)21-10-6-3-7-11-21)25(28)29-16-22(27)20-14-12-19(13-15-20)18-8-4-2-5-9-18/h3,6-7,10-15,18H,2,4-5,8-9,16H2,1H3. The number of Topliss-reactive ketones (excluding diaryl/α,β-unsaturated/α-hetero) is 1. The average Bonchev–Trinajstić information content (AvgIpc) is 3.20. The lowest BCUT2D eigenvalue weighted by atomic mass is 9.84. The van der Waals surface area contributed by atoms with Crippen LogP contribution in [0.1, 0.15) is 69.3 Å². The molecule has 0 amide bonds. The molecule has 0 radical (unpaired) electrons. The van der Waals surface area contributed by atoms with Crippen molar-refractivity contribution in [1.29, 1.82) is 0 Å². The van der Waals surface area contributed by atoms with Crippen molar-refractivity contribution in [2.24, 2.45) is 0 Å². The third-order valence-corrected chi connectivity index (χ3v) is 6.83. The van der Waals surface area contributed by atoms with Crippen LogP contribution < -0.4 is 0 Å². The second kappa shape index (κ2) is 9.35. The van der Waals surface area contributed by atoms with Crippen molar-refractivity contribution in [3.05, 3.63) is 76.3 Å². The Bertz CT molecular complexity index is 1020. The van der Waals surface area contributed by atoms with E-state index in [1.54, 1.807) is 6.92 Å². The van der Waals surface area contributed by atoms with Gasteiger partial charge in [-0.25, -0.2) is 9.78 Å². The number of esters is 1. The molecule has 0 N–H and O–H groups in total. The molecule has 2 aromatic carbocycles. The van der Waals surface area contributed by atoms with Crippen LogP contribution in [0.2, 0.25) is 0 Å². The van der Waals surface area contributed by atoms with Gasteiger partial charge in [0.05, 0.1) is 5.69 Å². The number of nitrogens with zero attached hydrogens (tertiary/aromatic N) is 1. The highest BCUT2D eigenvalue weighted by molar-refractivity contribution is 7.17. The van der Waals surface area contributed by atoms with Gasteiger partial charge in [-0.3, -0.25) is 4.79 Å². The van der Waals surface area contributed by atoms with Gasteiger partial charge >= 0.3 is 5.97 Å². The predicted octanol–water partition coefficient (Wildman–Crippen LogP) is 6.21. The number of aryl methyl sites for hydroxylation is 1. The summed E-state index contributed by atoms with van der Waals surface area (Å²) >= 11 is 1.29. The van der Waals surface area contributed by atoms with Crippen LogP contribution in [-0.4, -0.2) is 23.3 Å². The summed E-state index contributed by atoms with van der Waals surface area (Å²) in [5.74, 6) is -0.0859. The molecular weight excluding hydrogens is 394 g/mol. The Kier molecular flexibility index (Phi) is 6.38. The van der Waals surface area contributed by atoms with E-state index in [9.17, 15) is 9.59 Å². The maximum Gasteiger partial charge on any atom is 0.350 e. The largest absolute Gasteiger partial charge is 0.453 e. The fourth-order valence-corrected chi connectivity index (χ4v) is 4.91. The lowest BCUT2D eigenvalue weighted by molar-refractivity contribution is 0.0478. The van der Waals surface area contributed by atoms with Gasteiger partial charge in [-0.1, -0.05) is 73.9 Å². The van der Waals surface area contributed by atoms with E-state index in [0.717, 1.165) is 10.6 Å². The first kappa shape index (κ1) is 20.5. The van der Waals surface area contributed by atoms with Crippen LogP contribution in [0.5, 0.6) is 0 Å². The molecule has 4 rings (SSSR count). The van der Waals surface area contributed by atoms with E-state index in [1.807, 2.05) is 54.6 Å². The van der Waals surface area contributed by atoms with Gasteiger partial charge in [0.25, 0.3) is 0 Å². The van der Waals surface area contributed by atoms with Crippen molar-refractivity contribution in [3.8, 4) is 10.6 Å². The molecular formula is C25H25NO3S. The summed E-state index contributed by atoms with van der Waals surface area (Å²) in [5, 5.41) is 0.768. The monoisotopic (exact) mass is 419 g/mol. The molecule has 0 atom stereocenters. The molecule has 1 saturated carbocycles. The number of carbonyl (C=O) groups is 2. The summed E-state index contributed by atoms with van der Waals surface area (Å²) in [4.78, 5) is 29.9. The molecule has 0 aliphatic heterocycles. The highest BCUT2D eigenvalue weighted by Gasteiger charge is 2.20. The summed E-state index contributed by atoms with van der Waals surface area (Å²) in [6, 6.07) is 17.5. The number of ether oxygens (including phenoxy) is 1. The van der Waals surface area contributed by atoms with E-state index in [4.69, 9.17) is 4.74 Å². The van der Waals surface area contributed by atoms with Crippen molar-refractivity contribution >= 4 is 23.1 Å². The highest BCUT2D eigenvalue weighted by Crippen LogP contribution is 2.32. The molecule has 154 valence electrons. The van der Waals surface area contributed by atoms with Crippen LogP contribution in [0.3, 0.4) is 0 Å². The predicted molar refractivity (Wildman–Crippen MR) is 119 cm³/mol. The van der Waals surface area contributed by atoms with Crippen molar-refractivity contribution < 1.29 is 14.3 Å². The number of aromatic nitrogens is 1. The molecule has 1 fully saturated rings. The number of ketones is 1.